The molecular formula is C19H13BrFN3O3S. The van der Waals surface area contributed by atoms with Gasteiger partial charge in [0.05, 0.1) is 28.6 Å². The number of nitrogens with zero attached hydrogens (tertiary/aromatic N) is 3. The Bertz CT molecular complexity index is 1300. The summed E-state index contributed by atoms with van der Waals surface area (Å²) < 4.78 is 44.6. The van der Waals surface area contributed by atoms with Gasteiger partial charge in [0.15, 0.2) is 14.5 Å². The molecule has 6 nitrogen and oxygen atoms in total. The number of furan rings is 1. The summed E-state index contributed by atoms with van der Waals surface area (Å²) in [4.78, 5) is 8.59. The largest absolute Gasteiger partial charge is 0.431 e. The van der Waals surface area contributed by atoms with Crippen LogP contribution in [0.15, 0.2) is 58.1 Å². The van der Waals surface area contributed by atoms with Crippen LogP contribution in [0.5, 0.6) is 0 Å². The molecule has 4 aromatic rings. The van der Waals surface area contributed by atoms with Gasteiger partial charge in [0.1, 0.15) is 12.1 Å². The van der Waals surface area contributed by atoms with Gasteiger partial charge in [-0.2, -0.15) is 0 Å². The molecule has 1 fully saturated rings. The van der Waals surface area contributed by atoms with Crippen LogP contribution in [-0.2, 0) is 9.84 Å². The van der Waals surface area contributed by atoms with Crippen LogP contribution in [0.4, 0.5) is 4.39 Å². The Balaban J connectivity index is 1.71. The van der Waals surface area contributed by atoms with Gasteiger partial charge in [0, 0.05) is 29.6 Å². The lowest BCUT2D eigenvalue weighted by atomic mass is 10.0. The molecule has 0 bridgehead atoms. The molecule has 0 N–H and O–H groups in total. The number of sulfone groups is 1. The van der Waals surface area contributed by atoms with Crippen molar-refractivity contribution in [1.29, 1.82) is 0 Å². The Morgan fingerprint density at radius 2 is 1.82 bits per heavy atom. The molecule has 5 rings (SSSR count). The first-order valence-corrected chi connectivity index (χ1v) is 11.1. The minimum absolute atomic E-state index is 0.112. The second-order valence-corrected chi connectivity index (χ2v) is 9.70. The van der Waals surface area contributed by atoms with Crippen LogP contribution in [0.3, 0.4) is 0 Å². The fraction of sp³-hybridized carbons (Fsp3) is 0.158. The Kier molecular flexibility index (Phi) is 3.92. The molecule has 4 heterocycles. The van der Waals surface area contributed by atoms with E-state index in [1.54, 1.807) is 18.2 Å². The molecule has 142 valence electrons. The highest BCUT2D eigenvalue weighted by molar-refractivity contribution is 9.10. The van der Waals surface area contributed by atoms with Crippen LogP contribution in [0.25, 0.3) is 33.5 Å². The Morgan fingerprint density at radius 1 is 1.11 bits per heavy atom. The average Bonchev–Trinajstić information content (AvgIpc) is 3.22. The molecule has 9 heteroatoms. The Morgan fingerprint density at radius 3 is 2.54 bits per heavy atom. The maximum absolute atomic E-state index is 13.4. The quantitative estimate of drug-likeness (QED) is 0.456. The molecular weight excluding hydrogens is 449 g/mol. The maximum atomic E-state index is 13.4. The Labute approximate surface area is 168 Å². The first-order valence-electron chi connectivity index (χ1n) is 8.48. The van der Waals surface area contributed by atoms with Gasteiger partial charge in [-0.25, -0.2) is 22.8 Å². The van der Waals surface area contributed by atoms with E-state index in [9.17, 15) is 12.8 Å². The topological polar surface area (TPSA) is 78.0 Å². The van der Waals surface area contributed by atoms with E-state index in [2.05, 4.69) is 25.9 Å². The fourth-order valence-electron chi connectivity index (χ4n) is 3.48. The van der Waals surface area contributed by atoms with Crippen molar-refractivity contribution in [3.05, 3.63) is 59.5 Å². The Hall–Kier alpha value is -2.52. The second-order valence-electron chi connectivity index (χ2n) is 6.76. The van der Waals surface area contributed by atoms with Gasteiger partial charge in [-0.1, -0.05) is 12.1 Å². The molecule has 1 aromatic carbocycles. The van der Waals surface area contributed by atoms with Gasteiger partial charge in [0.2, 0.25) is 5.71 Å². The summed E-state index contributed by atoms with van der Waals surface area (Å²) in [6, 6.07) is 7.86. The van der Waals surface area contributed by atoms with Crippen molar-refractivity contribution in [1.82, 2.24) is 14.5 Å². The third-order valence-electron chi connectivity index (χ3n) is 4.87. The zero-order valence-corrected chi connectivity index (χ0v) is 16.7. The van der Waals surface area contributed by atoms with Crippen LogP contribution in [-0.4, -0.2) is 34.5 Å². The highest BCUT2D eigenvalue weighted by Crippen LogP contribution is 2.39. The van der Waals surface area contributed by atoms with Crippen LogP contribution in [0.2, 0.25) is 0 Å². The summed E-state index contributed by atoms with van der Waals surface area (Å²) in [7, 11) is -2.97. The van der Waals surface area contributed by atoms with Crippen LogP contribution in [0, 0.1) is 5.82 Å². The highest BCUT2D eigenvalue weighted by atomic mass is 79.9. The molecule has 0 unspecified atom stereocenters. The van der Waals surface area contributed by atoms with Crippen molar-refractivity contribution in [2.45, 2.75) is 6.04 Å². The standard InChI is InChI=1S/C19H13BrFN3O3S/c20-17-5-14-18(22-10-23-19(14)27-17)16-7-24(13-8-28(25,26)9-13)6-15(16)11-1-3-12(21)4-2-11/h1-7,10,13H,8-9H2. The van der Waals surface area contributed by atoms with Gasteiger partial charge in [-0.05, 0) is 33.6 Å². The summed E-state index contributed by atoms with van der Waals surface area (Å²) in [6.07, 6.45) is 5.21. The summed E-state index contributed by atoms with van der Waals surface area (Å²) >= 11 is 3.32. The zero-order valence-electron chi connectivity index (χ0n) is 14.3. The van der Waals surface area contributed by atoms with Crippen molar-refractivity contribution in [3.63, 3.8) is 0 Å². The smallest absolute Gasteiger partial charge is 0.231 e. The highest BCUT2D eigenvalue weighted by Gasteiger charge is 2.35. The average molecular weight is 462 g/mol. The van der Waals surface area contributed by atoms with Crippen molar-refractivity contribution in [3.8, 4) is 22.4 Å². The minimum atomic E-state index is -2.97. The predicted molar refractivity (Wildman–Crippen MR) is 106 cm³/mol. The summed E-state index contributed by atoms with van der Waals surface area (Å²) in [6.45, 7) is 0. The molecule has 0 amide bonds. The van der Waals surface area contributed by atoms with Crippen LogP contribution >= 0.6 is 15.9 Å². The lowest BCUT2D eigenvalue weighted by molar-refractivity contribution is 0.508. The van der Waals surface area contributed by atoms with E-state index in [-0.39, 0.29) is 23.4 Å². The third-order valence-corrected chi connectivity index (χ3v) is 7.05. The van der Waals surface area contributed by atoms with Gasteiger partial charge in [-0.3, -0.25) is 0 Å². The molecule has 0 atom stereocenters. The van der Waals surface area contributed by atoms with E-state index < -0.39 is 9.84 Å². The van der Waals surface area contributed by atoms with E-state index in [0.29, 0.717) is 16.1 Å². The number of rotatable bonds is 3. The predicted octanol–water partition coefficient (Wildman–Crippen LogP) is 4.23. The molecule has 0 spiro atoms. The van der Waals surface area contributed by atoms with E-state index in [0.717, 1.165) is 22.1 Å². The third kappa shape index (κ3) is 2.94. The van der Waals surface area contributed by atoms with Crippen molar-refractivity contribution < 1.29 is 17.2 Å². The molecule has 1 aliphatic rings. The monoisotopic (exact) mass is 461 g/mol. The maximum Gasteiger partial charge on any atom is 0.231 e. The molecule has 0 saturated carbocycles. The number of halogens is 2. The first kappa shape index (κ1) is 17.6. The van der Waals surface area contributed by atoms with Crippen molar-refractivity contribution in [2.75, 3.05) is 11.5 Å². The van der Waals surface area contributed by atoms with Crippen LogP contribution < -0.4 is 0 Å². The van der Waals surface area contributed by atoms with E-state index in [4.69, 9.17) is 4.42 Å². The van der Waals surface area contributed by atoms with Gasteiger partial charge >= 0.3 is 0 Å². The fourth-order valence-corrected chi connectivity index (χ4v) is 5.29. The van der Waals surface area contributed by atoms with Crippen molar-refractivity contribution in [2.24, 2.45) is 0 Å². The number of benzene rings is 1. The van der Waals surface area contributed by atoms with E-state index in [1.807, 2.05) is 17.0 Å². The molecule has 28 heavy (non-hydrogen) atoms. The lowest BCUT2D eigenvalue weighted by Crippen LogP contribution is -2.37. The summed E-state index contributed by atoms with van der Waals surface area (Å²) in [5.41, 5.74) is 3.56. The van der Waals surface area contributed by atoms with Gasteiger partial charge < -0.3 is 8.98 Å². The summed E-state index contributed by atoms with van der Waals surface area (Å²) in [5.74, 6) is -0.0982. The zero-order chi connectivity index (χ0) is 19.5. The molecule has 0 aliphatic carbocycles. The number of aromatic nitrogens is 3. The first-order chi connectivity index (χ1) is 13.4. The lowest BCUT2D eigenvalue weighted by Gasteiger charge is -2.27. The molecule has 1 aliphatic heterocycles. The SMILES string of the molecule is O=S1(=O)CC(n2cc(-c3ccc(F)cc3)c(-c3ncnc4oc(Br)cc34)c2)C1. The van der Waals surface area contributed by atoms with Crippen LogP contribution in [0.1, 0.15) is 6.04 Å². The van der Waals surface area contributed by atoms with Crippen molar-refractivity contribution >= 4 is 36.9 Å². The number of fused-ring (bicyclic) bond motifs is 1. The molecule has 1 saturated heterocycles. The number of hydrogen-bond donors (Lipinski definition) is 0. The number of hydrogen-bond acceptors (Lipinski definition) is 5. The van der Waals surface area contributed by atoms with E-state index >= 15 is 0 Å². The van der Waals surface area contributed by atoms with Gasteiger partial charge in [-0.15, -0.1) is 0 Å². The van der Waals surface area contributed by atoms with E-state index in [1.165, 1.54) is 18.5 Å². The second kappa shape index (κ2) is 6.25. The molecule has 0 radical (unpaired) electrons. The van der Waals surface area contributed by atoms with Gasteiger partial charge in [0.25, 0.3) is 0 Å². The normalized spacial score (nSPS) is 16.4. The minimum Gasteiger partial charge on any atom is -0.431 e. The summed E-state index contributed by atoms with van der Waals surface area (Å²) in [5, 5.41) is 0.733. The molecule has 3 aromatic heterocycles.